The molecule has 0 saturated carbocycles. The minimum Gasteiger partial charge on any atom is -0.487 e. The number of ether oxygens (including phenoxy) is 1. The number of H-pyrrole nitrogens is 1. The molecule has 0 radical (unpaired) electrons. The number of aromatic amines is 1. The van der Waals surface area contributed by atoms with Crippen molar-refractivity contribution in [3.05, 3.63) is 95.8 Å². The number of halogens is 2. The van der Waals surface area contributed by atoms with Crippen LogP contribution in [0.3, 0.4) is 0 Å². The zero-order valence-corrected chi connectivity index (χ0v) is 18.4. The molecule has 1 N–H and O–H groups in total. The molecular formula is C25H16ClFN6O. The average molecular weight is 471 g/mol. The Kier molecular flexibility index (Phi) is 4.92. The molecule has 34 heavy (non-hydrogen) atoms. The van der Waals surface area contributed by atoms with Gasteiger partial charge in [0.05, 0.1) is 28.6 Å². The van der Waals surface area contributed by atoms with Crippen molar-refractivity contribution in [2.45, 2.75) is 6.61 Å². The molecule has 0 spiro atoms. The Morgan fingerprint density at radius 3 is 2.85 bits per heavy atom. The fraction of sp³-hybridized carbons (Fsp3) is 0.0400. The summed E-state index contributed by atoms with van der Waals surface area (Å²) < 4.78 is 21.2. The highest BCUT2D eigenvalue weighted by Gasteiger charge is 2.17. The highest BCUT2D eigenvalue weighted by atomic mass is 35.5. The Morgan fingerprint density at radius 2 is 1.97 bits per heavy atom. The van der Waals surface area contributed by atoms with Gasteiger partial charge in [-0.25, -0.2) is 19.3 Å². The molecular weight excluding hydrogens is 455 g/mol. The van der Waals surface area contributed by atoms with Gasteiger partial charge in [-0.05, 0) is 54.1 Å². The third-order valence-corrected chi connectivity index (χ3v) is 5.78. The second-order valence-corrected chi connectivity index (χ2v) is 8.11. The third kappa shape index (κ3) is 3.64. The predicted molar refractivity (Wildman–Crippen MR) is 127 cm³/mol. The van der Waals surface area contributed by atoms with Crippen molar-refractivity contribution in [2.24, 2.45) is 0 Å². The third-order valence-electron chi connectivity index (χ3n) is 5.48. The molecule has 6 aromatic rings. The minimum atomic E-state index is -0.308. The first-order chi connectivity index (χ1) is 16.7. The Balaban J connectivity index is 1.40. The molecule has 3 heterocycles. The van der Waals surface area contributed by atoms with Crippen LogP contribution in [-0.2, 0) is 6.61 Å². The molecule has 0 aliphatic rings. The normalized spacial score (nSPS) is 11.4. The van der Waals surface area contributed by atoms with E-state index < -0.39 is 0 Å². The summed E-state index contributed by atoms with van der Waals surface area (Å²) in [6, 6.07) is 17.7. The second-order valence-electron chi connectivity index (χ2n) is 7.71. The number of hydrogen-bond acceptors (Lipinski definition) is 5. The van der Waals surface area contributed by atoms with Crippen molar-refractivity contribution in [2.75, 3.05) is 0 Å². The number of fused-ring (bicyclic) bond motifs is 2. The fourth-order valence-corrected chi connectivity index (χ4v) is 4.11. The zero-order valence-electron chi connectivity index (χ0n) is 17.6. The predicted octanol–water partition coefficient (Wildman–Crippen LogP) is 5.73. The molecule has 3 aromatic heterocycles. The highest BCUT2D eigenvalue weighted by Crippen LogP contribution is 2.33. The first kappa shape index (κ1) is 20.3. The maximum atomic E-state index is 13.4. The Morgan fingerprint density at radius 1 is 1.03 bits per heavy atom. The lowest BCUT2D eigenvalue weighted by atomic mass is 10.2. The van der Waals surface area contributed by atoms with E-state index in [1.54, 1.807) is 36.7 Å². The average Bonchev–Trinajstić information content (AvgIpc) is 3.47. The van der Waals surface area contributed by atoms with Crippen LogP contribution >= 0.6 is 11.6 Å². The van der Waals surface area contributed by atoms with Crippen LogP contribution in [0.5, 0.6) is 5.75 Å². The minimum absolute atomic E-state index is 0.203. The van der Waals surface area contributed by atoms with Gasteiger partial charge in [0, 0.05) is 10.9 Å². The maximum Gasteiger partial charge on any atom is 0.168 e. The topological polar surface area (TPSA) is 81.5 Å². The standard InChI is InChI=1S/C25H16ClFN6O/c26-20-9-16(5-7-23(20)34-13-15-2-1-3-18(27)8-15)24-31-22-12-28-14-29-25(22)33(24)19-6-4-17-11-30-32-21(17)10-19/h1-12,14H,13H2,(H,30,32). The van der Waals surface area contributed by atoms with Gasteiger partial charge in [-0.15, -0.1) is 0 Å². The molecule has 6 rings (SSSR count). The lowest BCUT2D eigenvalue weighted by Crippen LogP contribution is -2.00. The first-order valence-corrected chi connectivity index (χ1v) is 10.8. The van der Waals surface area contributed by atoms with Crippen LogP contribution in [0, 0.1) is 5.82 Å². The molecule has 7 nitrogen and oxygen atoms in total. The van der Waals surface area contributed by atoms with Gasteiger partial charge in [-0.1, -0.05) is 23.7 Å². The van der Waals surface area contributed by atoms with E-state index in [9.17, 15) is 4.39 Å². The van der Waals surface area contributed by atoms with Gasteiger partial charge in [0.15, 0.2) is 5.65 Å². The molecule has 0 fully saturated rings. The number of rotatable bonds is 5. The van der Waals surface area contributed by atoms with Crippen LogP contribution in [0.2, 0.25) is 5.02 Å². The van der Waals surface area contributed by atoms with Crippen LogP contribution in [0.4, 0.5) is 4.39 Å². The molecule has 3 aromatic carbocycles. The largest absolute Gasteiger partial charge is 0.487 e. The van der Waals surface area contributed by atoms with Gasteiger partial charge in [-0.2, -0.15) is 5.10 Å². The molecule has 0 unspecified atom stereocenters. The Bertz CT molecular complexity index is 1660. The van der Waals surface area contributed by atoms with Crippen LogP contribution < -0.4 is 4.74 Å². The van der Waals surface area contributed by atoms with Crippen LogP contribution in [0.25, 0.3) is 39.1 Å². The summed E-state index contributed by atoms with van der Waals surface area (Å²) in [5, 5.41) is 8.53. The summed E-state index contributed by atoms with van der Waals surface area (Å²) in [5.41, 5.74) is 4.60. The van der Waals surface area contributed by atoms with Crippen molar-refractivity contribution >= 4 is 33.7 Å². The van der Waals surface area contributed by atoms with E-state index in [1.807, 2.05) is 28.8 Å². The van der Waals surface area contributed by atoms with Gasteiger partial charge < -0.3 is 4.74 Å². The van der Waals surface area contributed by atoms with Crippen LogP contribution in [0.15, 0.2) is 79.4 Å². The van der Waals surface area contributed by atoms with E-state index in [-0.39, 0.29) is 12.4 Å². The summed E-state index contributed by atoms with van der Waals surface area (Å²) in [7, 11) is 0. The fourth-order valence-electron chi connectivity index (χ4n) is 3.88. The van der Waals surface area contributed by atoms with Gasteiger partial charge in [0.25, 0.3) is 0 Å². The number of aromatic nitrogens is 6. The van der Waals surface area contributed by atoms with Gasteiger partial charge in [0.2, 0.25) is 0 Å². The smallest absolute Gasteiger partial charge is 0.168 e. The van der Waals surface area contributed by atoms with E-state index in [1.165, 1.54) is 18.5 Å². The highest BCUT2D eigenvalue weighted by molar-refractivity contribution is 6.32. The molecule has 0 saturated heterocycles. The number of benzene rings is 3. The molecule has 166 valence electrons. The lowest BCUT2D eigenvalue weighted by molar-refractivity contribution is 0.306. The monoisotopic (exact) mass is 470 g/mol. The summed E-state index contributed by atoms with van der Waals surface area (Å²) in [6.45, 7) is 0.203. The summed E-state index contributed by atoms with van der Waals surface area (Å²) in [5.74, 6) is 0.849. The molecule has 0 atom stereocenters. The molecule has 0 amide bonds. The summed E-state index contributed by atoms with van der Waals surface area (Å²) in [4.78, 5) is 13.3. The molecule has 9 heteroatoms. The van der Waals surface area contributed by atoms with E-state index in [4.69, 9.17) is 21.3 Å². The van der Waals surface area contributed by atoms with Crippen LogP contribution in [-0.4, -0.2) is 29.7 Å². The van der Waals surface area contributed by atoms with E-state index >= 15 is 0 Å². The lowest BCUT2D eigenvalue weighted by Gasteiger charge is -2.12. The van der Waals surface area contributed by atoms with Gasteiger partial charge >= 0.3 is 0 Å². The summed E-state index contributed by atoms with van der Waals surface area (Å²) in [6.07, 6.45) is 4.95. The molecule has 0 aliphatic carbocycles. The SMILES string of the molecule is Fc1cccc(COc2ccc(-c3nc4cncnc4n3-c3ccc4cn[nH]c4c3)cc2Cl)c1. The van der Waals surface area contributed by atoms with Crippen molar-refractivity contribution in [3.8, 4) is 22.8 Å². The molecule has 0 bridgehead atoms. The van der Waals surface area contributed by atoms with Crippen molar-refractivity contribution in [1.29, 1.82) is 0 Å². The van der Waals surface area contributed by atoms with Crippen LogP contribution in [0.1, 0.15) is 5.56 Å². The van der Waals surface area contributed by atoms with E-state index in [2.05, 4.69) is 20.2 Å². The van der Waals surface area contributed by atoms with Gasteiger partial charge in [0.1, 0.15) is 35.8 Å². The maximum absolute atomic E-state index is 13.4. The van der Waals surface area contributed by atoms with Gasteiger partial charge in [-0.3, -0.25) is 9.67 Å². The quantitative estimate of drug-likeness (QED) is 0.348. The molecule has 0 aliphatic heterocycles. The number of imidazole rings is 1. The second kappa shape index (κ2) is 8.24. The van der Waals surface area contributed by atoms with Crippen molar-refractivity contribution in [1.82, 2.24) is 29.7 Å². The number of hydrogen-bond donors (Lipinski definition) is 1. The van der Waals surface area contributed by atoms with Crippen molar-refractivity contribution < 1.29 is 9.13 Å². The van der Waals surface area contributed by atoms with E-state index in [0.29, 0.717) is 27.8 Å². The number of nitrogens with zero attached hydrogens (tertiary/aromatic N) is 5. The van der Waals surface area contributed by atoms with Crippen molar-refractivity contribution in [3.63, 3.8) is 0 Å². The Labute approximate surface area is 197 Å². The summed E-state index contributed by atoms with van der Waals surface area (Å²) >= 11 is 6.56. The zero-order chi connectivity index (χ0) is 23.1. The van der Waals surface area contributed by atoms with E-state index in [0.717, 1.165) is 27.7 Å². The number of nitrogens with one attached hydrogen (secondary N) is 1. The Hall–Kier alpha value is -4.30. The first-order valence-electron chi connectivity index (χ1n) is 10.4.